The second-order valence-electron chi connectivity index (χ2n) is 7.54. The summed E-state index contributed by atoms with van der Waals surface area (Å²) in [4.78, 5) is 13.9. The minimum atomic E-state index is -1.39. The van der Waals surface area contributed by atoms with Gasteiger partial charge in [-0.3, -0.25) is 9.69 Å². The molecule has 0 saturated carbocycles. The van der Waals surface area contributed by atoms with E-state index in [4.69, 9.17) is 18.9 Å². The van der Waals surface area contributed by atoms with Crippen molar-refractivity contribution in [3.63, 3.8) is 0 Å². The molecule has 1 fully saturated rings. The van der Waals surface area contributed by atoms with E-state index in [9.17, 15) is 9.90 Å². The summed E-state index contributed by atoms with van der Waals surface area (Å²) in [7, 11) is 0. The Morgan fingerprint density at radius 3 is 2.63 bits per heavy atom. The van der Waals surface area contributed by atoms with Crippen LogP contribution in [0.5, 0.6) is 11.5 Å². The summed E-state index contributed by atoms with van der Waals surface area (Å²) in [5.41, 5.74) is 1.51. The van der Waals surface area contributed by atoms with Crippen LogP contribution in [0.1, 0.15) is 30.6 Å². The Labute approximate surface area is 176 Å². The molecule has 0 aliphatic carbocycles. The Bertz CT molecular complexity index is 867. The van der Waals surface area contributed by atoms with Crippen molar-refractivity contribution < 1.29 is 28.8 Å². The molecule has 30 heavy (non-hydrogen) atoms. The fraction of sp³-hybridized carbons (Fsp3) is 0.435. The number of carboxylic acids is 1. The van der Waals surface area contributed by atoms with Crippen LogP contribution >= 0.6 is 0 Å². The summed E-state index contributed by atoms with van der Waals surface area (Å²) in [5, 5.41) is 9.50. The number of benzene rings is 2. The maximum Gasteiger partial charge on any atom is 0.311 e. The van der Waals surface area contributed by atoms with Gasteiger partial charge in [0.15, 0.2) is 11.5 Å². The number of para-hydroxylation sites is 1. The van der Waals surface area contributed by atoms with E-state index in [-0.39, 0.29) is 12.5 Å². The van der Waals surface area contributed by atoms with Crippen molar-refractivity contribution in [2.45, 2.75) is 25.2 Å². The van der Waals surface area contributed by atoms with Gasteiger partial charge in [-0.05, 0) is 13.0 Å². The summed E-state index contributed by atoms with van der Waals surface area (Å²) < 4.78 is 23.8. The third-order valence-corrected chi connectivity index (χ3v) is 5.47. The molecule has 2 aromatic rings. The van der Waals surface area contributed by atoms with Crippen molar-refractivity contribution in [1.29, 1.82) is 0 Å². The molecule has 0 bridgehead atoms. The third kappa shape index (κ3) is 4.43. The van der Waals surface area contributed by atoms with Gasteiger partial charge in [0.1, 0.15) is 6.42 Å². The average Bonchev–Trinajstić information content (AvgIpc) is 3.13. The zero-order chi connectivity index (χ0) is 21.0. The Morgan fingerprint density at radius 1 is 1.13 bits per heavy atom. The molecule has 160 valence electrons. The van der Waals surface area contributed by atoms with Crippen molar-refractivity contribution in [3.8, 4) is 11.5 Å². The van der Waals surface area contributed by atoms with Gasteiger partial charge in [0.25, 0.3) is 5.79 Å². The van der Waals surface area contributed by atoms with Gasteiger partial charge >= 0.3 is 5.97 Å². The second kappa shape index (κ2) is 9.04. The van der Waals surface area contributed by atoms with Crippen LogP contribution in [-0.4, -0.2) is 55.4 Å². The molecule has 0 spiro atoms. The Morgan fingerprint density at radius 2 is 1.90 bits per heavy atom. The topological polar surface area (TPSA) is 77.5 Å². The van der Waals surface area contributed by atoms with Gasteiger partial charge in [0, 0.05) is 30.8 Å². The van der Waals surface area contributed by atoms with E-state index < -0.39 is 11.8 Å². The van der Waals surface area contributed by atoms with Gasteiger partial charge in [-0.25, -0.2) is 0 Å². The normalized spacial score (nSPS) is 22.0. The van der Waals surface area contributed by atoms with Crippen molar-refractivity contribution in [3.05, 3.63) is 59.7 Å². The Hall–Kier alpha value is -2.61. The van der Waals surface area contributed by atoms with E-state index in [1.54, 1.807) is 6.07 Å². The van der Waals surface area contributed by atoms with Crippen LogP contribution in [-0.2, 0) is 20.1 Å². The number of fused-ring (bicyclic) bond motifs is 1. The summed E-state index contributed by atoms with van der Waals surface area (Å²) in [6.07, 6.45) is -0.529. The van der Waals surface area contributed by atoms with E-state index in [0.29, 0.717) is 23.7 Å². The highest BCUT2D eigenvalue weighted by atomic mass is 16.7. The van der Waals surface area contributed by atoms with Crippen molar-refractivity contribution in [1.82, 2.24) is 4.90 Å². The molecule has 2 aliphatic heterocycles. The van der Waals surface area contributed by atoms with E-state index >= 15 is 0 Å². The van der Waals surface area contributed by atoms with E-state index in [1.807, 2.05) is 49.4 Å². The number of hydrogen-bond acceptors (Lipinski definition) is 6. The number of hydrogen-bond donors (Lipinski definition) is 1. The Kier molecular flexibility index (Phi) is 6.22. The molecule has 4 rings (SSSR count). The number of rotatable bonds is 8. The van der Waals surface area contributed by atoms with Gasteiger partial charge in [-0.2, -0.15) is 0 Å². The molecule has 7 nitrogen and oxygen atoms in total. The minimum Gasteiger partial charge on any atom is -0.481 e. The number of ether oxygens (including phenoxy) is 4. The molecule has 2 unspecified atom stereocenters. The number of morpholine rings is 1. The molecular formula is C23H27NO6. The van der Waals surface area contributed by atoms with Crippen LogP contribution in [0.4, 0.5) is 0 Å². The highest BCUT2D eigenvalue weighted by molar-refractivity contribution is 5.69. The predicted molar refractivity (Wildman–Crippen MR) is 110 cm³/mol. The first kappa shape index (κ1) is 20.7. The largest absolute Gasteiger partial charge is 0.481 e. The smallest absolute Gasteiger partial charge is 0.311 e. The number of carbonyl (C=O) groups is 1. The monoisotopic (exact) mass is 413 g/mol. The van der Waals surface area contributed by atoms with Gasteiger partial charge in [-0.1, -0.05) is 42.5 Å². The van der Waals surface area contributed by atoms with Gasteiger partial charge in [0.05, 0.1) is 25.9 Å². The van der Waals surface area contributed by atoms with E-state index in [0.717, 1.165) is 38.4 Å². The first-order valence-electron chi connectivity index (χ1n) is 10.3. The summed E-state index contributed by atoms with van der Waals surface area (Å²) in [5.74, 6) is -1.32. The molecule has 0 aromatic heterocycles. The highest BCUT2D eigenvalue weighted by Crippen LogP contribution is 2.49. The molecule has 0 radical (unpaired) electrons. The summed E-state index contributed by atoms with van der Waals surface area (Å²) >= 11 is 0. The molecule has 7 heteroatoms. The number of carboxylic acid groups (broad SMARTS) is 1. The molecule has 2 atom stereocenters. The highest BCUT2D eigenvalue weighted by Gasteiger charge is 2.46. The van der Waals surface area contributed by atoms with E-state index in [1.165, 1.54) is 0 Å². The zero-order valence-corrected chi connectivity index (χ0v) is 17.1. The van der Waals surface area contributed by atoms with Gasteiger partial charge in [0.2, 0.25) is 0 Å². The fourth-order valence-corrected chi connectivity index (χ4v) is 3.86. The maximum absolute atomic E-state index is 11.6. The summed E-state index contributed by atoms with van der Waals surface area (Å²) in [6, 6.07) is 14.8. The van der Waals surface area contributed by atoms with Gasteiger partial charge < -0.3 is 24.1 Å². The lowest BCUT2D eigenvalue weighted by molar-refractivity contribution is -0.154. The molecule has 2 aliphatic rings. The first-order valence-corrected chi connectivity index (χ1v) is 10.3. The quantitative estimate of drug-likeness (QED) is 0.712. The maximum atomic E-state index is 11.6. The molecule has 1 saturated heterocycles. The zero-order valence-electron chi connectivity index (χ0n) is 17.1. The second-order valence-corrected chi connectivity index (χ2v) is 7.54. The van der Waals surface area contributed by atoms with Crippen molar-refractivity contribution in [2.75, 3.05) is 39.5 Å². The average molecular weight is 413 g/mol. The van der Waals surface area contributed by atoms with Crippen LogP contribution in [0.3, 0.4) is 0 Å². The predicted octanol–water partition coefficient (Wildman–Crippen LogP) is 3.20. The van der Waals surface area contributed by atoms with Crippen molar-refractivity contribution in [2.24, 2.45) is 0 Å². The van der Waals surface area contributed by atoms with Crippen LogP contribution < -0.4 is 9.47 Å². The van der Waals surface area contributed by atoms with Gasteiger partial charge in [-0.15, -0.1) is 0 Å². The number of nitrogens with zero attached hydrogens (tertiary/aromatic N) is 1. The lowest BCUT2D eigenvalue weighted by atomic mass is 10.0. The van der Waals surface area contributed by atoms with Crippen molar-refractivity contribution >= 4 is 5.97 Å². The van der Waals surface area contributed by atoms with Crippen LogP contribution in [0.25, 0.3) is 0 Å². The van der Waals surface area contributed by atoms with Crippen LogP contribution in [0, 0.1) is 0 Å². The summed E-state index contributed by atoms with van der Waals surface area (Å²) in [6.45, 7) is 6.76. The van der Waals surface area contributed by atoms with Crippen LogP contribution in [0.2, 0.25) is 0 Å². The molecule has 0 amide bonds. The third-order valence-electron chi connectivity index (χ3n) is 5.47. The molecule has 1 N–H and O–H groups in total. The van der Waals surface area contributed by atoms with Crippen LogP contribution in [0.15, 0.2) is 48.5 Å². The Balaban J connectivity index is 1.50. The molecule has 2 aromatic carbocycles. The lowest BCUT2D eigenvalue weighted by Crippen LogP contribution is -2.38. The lowest BCUT2D eigenvalue weighted by Gasteiger charge is -2.27. The standard InChI is InChI=1S/C23H27NO6/c1-17(28-15-12-24-10-13-27-14-11-24)19-8-5-9-20-22(19)30-23(29-20,16-21(25)26)18-6-3-2-4-7-18/h2-9,17H,10-16H2,1H3,(H,25,26). The minimum absolute atomic E-state index is 0.221. The first-order chi connectivity index (χ1) is 14.6. The van der Waals surface area contributed by atoms with E-state index in [2.05, 4.69) is 4.90 Å². The fourth-order valence-electron chi connectivity index (χ4n) is 3.86. The number of aliphatic carboxylic acids is 1. The molecular weight excluding hydrogens is 386 g/mol. The molecule has 2 heterocycles. The SMILES string of the molecule is CC(OCCN1CCOCC1)c1cccc2c1OC(CC(=O)O)(c1ccccc1)O2.